The number of para-hydroxylation sites is 2. The van der Waals surface area contributed by atoms with E-state index in [-0.39, 0.29) is 18.2 Å². The number of anilines is 2. The van der Waals surface area contributed by atoms with Crippen molar-refractivity contribution in [3.05, 3.63) is 40.3 Å². The monoisotopic (exact) mass is 374 g/mol. The lowest BCUT2D eigenvalue weighted by Crippen LogP contribution is -2.45. The zero-order chi connectivity index (χ0) is 18.7. The largest absolute Gasteiger partial charge is 0.372 e. The molecule has 0 spiro atoms. The highest BCUT2D eigenvalue weighted by Gasteiger charge is 2.24. The Morgan fingerprint density at radius 1 is 1.35 bits per heavy atom. The molecule has 1 saturated heterocycles. The molecule has 1 N–H and O–H groups in total. The molecule has 1 aromatic carbocycles. The number of benzene rings is 1. The minimum absolute atomic E-state index is 0.127. The van der Waals surface area contributed by atoms with Crippen molar-refractivity contribution in [2.45, 2.75) is 39.5 Å². The van der Waals surface area contributed by atoms with Crippen LogP contribution >= 0.6 is 11.3 Å². The highest BCUT2D eigenvalue weighted by molar-refractivity contribution is 7.11. The Balaban J connectivity index is 1.70. The van der Waals surface area contributed by atoms with E-state index < -0.39 is 0 Å². The SMILES string of the molecule is Cc1ncc(CN(C)C(=O)Nc2ccccc2N2C[C@@H](C)O[C@H](C)C2)s1. The van der Waals surface area contributed by atoms with Gasteiger partial charge in [0, 0.05) is 31.2 Å². The molecule has 0 saturated carbocycles. The van der Waals surface area contributed by atoms with Crippen molar-refractivity contribution in [1.82, 2.24) is 9.88 Å². The molecule has 7 heteroatoms. The van der Waals surface area contributed by atoms with E-state index >= 15 is 0 Å². The van der Waals surface area contributed by atoms with Gasteiger partial charge in [-0.25, -0.2) is 9.78 Å². The lowest BCUT2D eigenvalue weighted by molar-refractivity contribution is -0.00517. The van der Waals surface area contributed by atoms with E-state index in [1.165, 1.54) is 0 Å². The van der Waals surface area contributed by atoms with Gasteiger partial charge in [0.05, 0.1) is 35.1 Å². The fourth-order valence-electron chi connectivity index (χ4n) is 3.22. The van der Waals surface area contributed by atoms with Crippen LogP contribution in [0, 0.1) is 6.92 Å². The Morgan fingerprint density at radius 3 is 2.69 bits per heavy atom. The highest BCUT2D eigenvalue weighted by Crippen LogP contribution is 2.28. The van der Waals surface area contributed by atoms with E-state index in [0.717, 1.165) is 34.3 Å². The predicted octanol–water partition coefficient (Wildman–Crippen LogP) is 3.73. The van der Waals surface area contributed by atoms with Gasteiger partial charge in [-0.2, -0.15) is 0 Å². The van der Waals surface area contributed by atoms with Crippen LogP contribution in [0.2, 0.25) is 0 Å². The number of aryl methyl sites for hydroxylation is 1. The molecule has 3 rings (SSSR count). The number of nitrogens with one attached hydrogen (secondary N) is 1. The number of aromatic nitrogens is 1. The van der Waals surface area contributed by atoms with Crippen LogP contribution in [0.5, 0.6) is 0 Å². The van der Waals surface area contributed by atoms with E-state index in [1.807, 2.05) is 37.4 Å². The van der Waals surface area contributed by atoms with Gasteiger partial charge < -0.3 is 19.9 Å². The molecule has 2 heterocycles. The van der Waals surface area contributed by atoms with Crippen LogP contribution in [0.1, 0.15) is 23.7 Å². The smallest absolute Gasteiger partial charge is 0.321 e. The molecule has 0 aliphatic carbocycles. The number of urea groups is 1. The maximum Gasteiger partial charge on any atom is 0.321 e. The number of hydrogen-bond acceptors (Lipinski definition) is 5. The summed E-state index contributed by atoms with van der Waals surface area (Å²) in [6.45, 7) is 8.30. The van der Waals surface area contributed by atoms with Gasteiger partial charge in [0.25, 0.3) is 0 Å². The number of amides is 2. The number of morpholine rings is 1. The summed E-state index contributed by atoms with van der Waals surface area (Å²) in [5.74, 6) is 0. The molecule has 1 aliphatic heterocycles. The summed E-state index contributed by atoms with van der Waals surface area (Å²) in [5, 5.41) is 4.06. The first-order valence-corrected chi connectivity index (χ1v) is 9.67. The molecule has 0 bridgehead atoms. The molecule has 26 heavy (non-hydrogen) atoms. The zero-order valence-corrected chi connectivity index (χ0v) is 16.5. The number of hydrogen-bond donors (Lipinski definition) is 1. The first-order valence-electron chi connectivity index (χ1n) is 8.85. The van der Waals surface area contributed by atoms with Crippen molar-refractivity contribution >= 4 is 28.7 Å². The van der Waals surface area contributed by atoms with Crippen LogP contribution in [0.15, 0.2) is 30.5 Å². The van der Waals surface area contributed by atoms with Gasteiger partial charge in [0.2, 0.25) is 0 Å². The molecule has 140 valence electrons. The topological polar surface area (TPSA) is 57.7 Å². The maximum absolute atomic E-state index is 12.6. The summed E-state index contributed by atoms with van der Waals surface area (Å²) in [7, 11) is 1.80. The fourth-order valence-corrected chi connectivity index (χ4v) is 4.07. The average Bonchev–Trinajstić information content (AvgIpc) is 2.99. The summed E-state index contributed by atoms with van der Waals surface area (Å²) in [6, 6.07) is 7.81. The third-order valence-corrected chi connectivity index (χ3v) is 5.21. The van der Waals surface area contributed by atoms with Gasteiger partial charge >= 0.3 is 6.03 Å². The molecule has 1 fully saturated rings. The Hall–Kier alpha value is -2.12. The van der Waals surface area contributed by atoms with Crippen molar-refractivity contribution < 1.29 is 9.53 Å². The van der Waals surface area contributed by atoms with Crippen LogP contribution < -0.4 is 10.2 Å². The molecule has 6 nitrogen and oxygen atoms in total. The van der Waals surface area contributed by atoms with E-state index in [2.05, 4.69) is 29.0 Å². The summed E-state index contributed by atoms with van der Waals surface area (Å²) < 4.78 is 5.82. The zero-order valence-electron chi connectivity index (χ0n) is 15.7. The van der Waals surface area contributed by atoms with Crippen molar-refractivity contribution in [3.63, 3.8) is 0 Å². The first-order chi connectivity index (χ1) is 12.4. The van der Waals surface area contributed by atoms with Crippen LogP contribution in [-0.4, -0.2) is 48.3 Å². The highest BCUT2D eigenvalue weighted by atomic mass is 32.1. The van der Waals surface area contributed by atoms with Crippen LogP contribution in [0.3, 0.4) is 0 Å². The fraction of sp³-hybridized carbons (Fsp3) is 0.474. The lowest BCUT2D eigenvalue weighted by atomic mass is 10.1. The molecule has 2 aromatic rings. The van der Waals surface area contributed by atoms with Crippen molar-refractivity contribution in [3.8, 4) is 0 Å². The molecular formula is C19H26N4O2S. The second-order valence-electron chi connectivity index (χ2n) is 6.81. The number of nitrogens with zero attached hydrogens (tertiary/aromatic N) is 3. The minimum atomic E-state index is -0.127. The van der Waals surface area contributed by atoms with Gasteiger partial charge in [-0.15, -0.1) is 11.3 Å². The van der Waals surface area contributed by atoms with Gasteiger partial charge in [-0.3, -0.25) is 0 Å². The normalized spacial score (nSPS) is 20.1. The number of ether oxygens (including phenoxy) is 1. The standard InChI is InChI=1S/C19H26N4O2S/c1-13-10-23(11-14(2)25-13)18-8-6-5-7-17(18)21-19(24)22(4)12-16-9-20-15(3)26-16/h5-9,13-14H,10-12H2,1-4H3,(H,21,24)/t13-,14-/m1/s1. The van der Waals surface area contributed by atoms with Gasteiger partial charge in [0.15, 0.2) is 0 Å². The molecule has 0 radical (unpaired) electrons. The Kier molecular flexibility index (Phi) is 5.78. The Labute approximate surface area is 158 Å². The summed E-state index contributed by atoms with van der Waals surface area (Å²) in [6.07, 6.45) is 2.16. The second kappa shape index (κ2) is 8.05. The molecule has 1 aromatic heterocycles. The van der Waals surface area contributed by atoms with E-state index in [1.54, 1.807) is 23.3 Å². The van der Waals surface area contributed by atoms with Crippen molar-refractivity contribution in [2.75, 3.05) is 30.4 Å². The molecule has 2 amide bonds. The van der Waals surface area contributed by atoms with Crippen LogP contribution in [0.4, 0.5) is 16.2 Å². The van der Waals surface area contributed by atoms with Crippen LogP contribution in [-0.2, 0) is 11.3 Å². The number of carbonyl (C=O) groups is 1. The summed E-state index contributed by atoms with van der Waals surface area (Å²) in [5.41, 5.74) is 1.86. The van der Waals surface area contributed by atoms with Gasteiger partial charge in [-0.05, 0) is 32.9 Å². The van der Waals surface area contributed by atoms with E-state index in [0.29, 0.717) is 6.54 Å². The Morgan fingerprint density at radius 2 is 2.04 bits per heavy atom. The second-order valence-corrected chi connectivity index (χ2v) is 8.13. The van der Waals surface area contributed by atoms with Gasteiger partial charge in [-0.1, -0.05) is 12.1 Å². The first kappa shape index (κ1) is 18.7. The molecule has 2 atom stereocenters. The third-order valence-electron chi connectivity index (χ3n) is 4.31. The molecule has 0 unspecified atom stereocenters. The average molecular weight is 375 g/mol. The maximum atomic E-state index is 12.6. The van der Waals surface area contributed by atoms with E-state index in [4.69, 9.17) is 4.74 Å². The molecule has 1 aliphatic rings. The summed E-state index contributed by atoms with van der Waals surface area (Å²) >= 11 is 1.61. The van der Waals surface area contributed by atoms with Crippen molar-refractivity contribution in [1.29, 1.82) is 0 Å². The minimum Gasteiger partial charge on any atom is -0.372 e. The quantitative estimate of drug-likeness (QED) is 0.886. The number of carbonyl (C=O) groups excluding carboxylic acids is 1. The van der Waals surface area contributed by atoms with Crippen molar-refractivity contribution in [2.24, 2.45) is 0 Å². The predicted molar refractivity (Wildman–Crippen MR) is 106 cm³/mol. The lowest BCUT2D eigenvalue weighted by Gasteiger charge is -2.37. The van der Waals surface area contributed by atoms with Crippen LogP contribution in [0.25, 0.3) is 0 Å². The Bertz CT molecular complexity index is 754. The molecular weight excluding hydrogens is 348 g/mol. The van der Waals surface area contributed by atoms with E-state index in [9.17, 15) is 4.79 Å². The third kappa shape index (κ3) is 4.53. The number of thiazole rings is 1. The summed E-state index contributed by atoms with van der Waals surface area (Å²) in [4.78, 5) is 21.9. The number of rotatable bonds is 4. The van der Waals surface area contributed by atoms with Gasteiger partial charge in [0.1, 0.15) is 0 Å².